The van der Waals surface area contributed by atoms with Crippen LogP contribution in [0.2, 0.25) is 0 Å². The van der Waals surface area contributed by atoms with Gasteiger partial charge in [0.1, 0.15) is 0 Å². The molecule has 0 unspecified atom stereocenters. The standard InChI is InChI=1S/C10H15.C3H8O.2ClH.Ti/c1-7-6-10(4,5)9(3)8(7)2;1-3(2)4;;;/h1-5H3;3-4H,1-2H3;2*1H;/q-1;;;;. The number of hydrogen-bond acceptors (Lipinski definition) is 1. The van der Waals surface area contributed by atoms with Gasteiger partial charge in [-0.3, -0.25) is 6.08 Å². The van der Waals surface area contributed by atoms with Gasteiger partial charge < -0.3 is 5.11 Å². The molecule has 102 valence electrons. The Hall–Kier alpha value is 0.734. The van der Waals surface area contributed by atoms with Crippen molar-refractivity contribution in [3.63, 3.8) is 0 Å². The summed E-state index contributed by atoms with van der Waals surface area (Å²) in [7, 11) is 0. The Labute approximate surface area is 134 Å². The molecule has 0 saturated heterocycles. The van der Waals surface area contributed by atoms with E-state index in [0.29, 0.717) is 0 Å². The third-order valence-electron chi connectivity index (χ3n) is 2.56. The molecule has 0 aliphatic heterocycles. The van der Waals surface area contributed by atoms with Gasteiger partial charge in [-0.2, -0.15) is 11.1 Å². The number of halogens is 2. The molecule has 0 aromatic carbocycles. The van der Waals surface area contributed by atoms with Crippen LogP contribution in [0.5, 0.6) is 0 Å². The quantitative estimate of drug-likeness (QED) is 0.521. The minimum atomic E-state index is -0.167. The Morgan fingerprint density at radius 2 is 1.35 bits per heavy atom. The van der Waals surface area contributed by atoms with Crippen molar-refractivity contribution in [2.45, 2.75) is 54.6 Å². The molecular weight excluding hydrogens is 291 g/mol. The van der Waals surface area contributed by atoms with Gasteiger partial charge >= 0.3 is 0 Å². The normalized spacial score (nSPS) is 15.9. The Kier molecular flexibility index (Phi) is 16.5. The molecule has 0 radical (unpaired) electrons. The molecule has 0 heterocycles. The van der Waals surface area contributed by atoms with Gasteiger partial charge in [0.25, 0.3) is 0 Å². The van der Waals surface area contributed by atoms with E-state index < -0.39 is 0 Å². The molecular formula is C13H25Cl2OTi-. The Bertz CT molecular complexity index is 266. The first-order chi connectivity index (χ1) is 6.18. The second-order valence-corrected chi connectivity index (χ2v) is 4.72. The average molecular weight is 316 g/mol. The van der Waals surface area contributed by atoms with Gasteiger partial charge in [0, 0.05) is 27.8 Å². The van der Waals surface area contributed by atoms with E-state index in [9.17, 15) is 0 Å². The molecule has 17 heavy (non-hydrogen) atoms. The maximum absolute atomic E-state index is 8.06. The van der Waals surface area contributed by atoms with Gasteiger partial charge in [0.05, 0.1) is 0 Å². The summed E-state index contributed by atoms with van der Waals surface area (Å²) in [6, 6.07) is 0. The van der Waals surface area contributed by atoms with Crippen LogP contribution in [-0.2, 0) is 21.7 Å². The van der Waals surface area contributed by atoms with Crippen LogP contribution >= 0.6 is 24.8 Å². The molecule has 4 heteroatoms. The van der Waals surface area contributed by atoms with Crippen molar-refractivity contribution in [2.24, 2.45) is 5.41 Å². The molecule has 1 nitrogen and oxygen atoms in total. The van der Waals surface area contributed by atoms with Gasteiger partial charge in [-0.25, -0.2) is 5.57 Å². The topological polar surface area (TPSA) is 20.2 Å². The van der Waals surface area contributed by atoms with Crippen molar-refractivity contribution >= 4 is 24.8 Å². The maximum Gasteiger partial charge on any atom is 0.0483 e. The van der Waals surface area contributed by atoms with Crippen molar-refractivity contribution in [1.82, 2.24) is 0 Å². The molecule has 0 spiro atoms. The van der Waals surface area contributed by atoms with Crippen LogP contribution in [0, 0.1) is 11.5 Å². The summed E-state index contributed by atoms with van der Waals surface area (Å²) in [4.78, 5) is 0. The van der Waals surface area contributed by atoms with E-state index in [1.54, 1.807) is 13.8 Å². The summed E-state index contributed by atoms with van der Waals surface area (Å²) < 4.78 is 0. The van der Waals surface area contributed by atoms with Crippen LogP contribution < -0.4 is 0 Å². The molecule has 0 bridgehead atoms. The molecule has 0 atom stereocenters. The summed E-state index contributed by atoms with van der Waals surface area (Å²) in [5.41, 5.74) is 4.39. The SMILES string of the molecule is CC(C)O.CC1=[C-]C(C)(C)C(C)=C1C.Cl.Cl.[Ti]. The van der Waals surface area contributed by atoms with Crippen molar-refractivity contribution in [1.29, 1.82) is 0 Å². The molecule has 0 saturated carbocycles. The van der Waals surface area contributed by atoms with Crippen molar-refractivity contribution in [3.05, 3.63) is 22.8 Å². The molecule has 1 aliphatic rings. The Morgan fingerprint density at radius 1 is 1.06 bits per heavy atom. The van der Waals surface area contributed by atoms with E-state index in [4.69, 9.17) is 5.11 Å². The largest absolute Gasteiger partial charge is 0.394 e. The smallest absolute Gasteiger partial charge is 0.0483 e. The van der Waals surface area contributed by atoms with Gasteiger partial charge in [-0.15, -0.1) is 31.7 Å². The number of rotatable bonds is 0. The van der Waals surface area contributed by atoms with E-state index in [0.717, 1.165) is 0 Å². The monoisotopic (exact) mass is 315 g/mol. The van der Waals surface area contributed by atoms with E-state index >= 15 is 0 Å². The molecule has 0 fully saturated rings. The van der Waals surface area contributed by atoms with Gasteiger partial charge in [0.15, 0.2) is 0 Å². The van der Waals surface area contributed by atoms with E-state index in [1.807, 2.05) is 0 Å². The van der Waals surface area contributed by atoms with Crippen molar-refractivity contribution < 1.29 is 26.8 Å². The maximum atomic E-state index is 8.06. The van der Waals surface area contributed by atoms with Crippen LogP contribution in [0.4, 0.5) is 0 Å². The summed E-state index contributed by atoms with van der Waals surface area (Å²) >= 11 is 0. The Balaban J connectivity index is -0.000000108. The minimum Gasteiger partial charge on any atom is -0.394 e. The van der Waals surface area contributed by atoms with E-state index in [1.165, 1.54) is 16.7 Å². The zero-order valence-corrected chi connectivity index (χ0v) is 15.0. The van der Waals surface area contributed by atoms with Crippen LogP contribution in [0.25, 0.3) is 0 Å². The van der Waals surface area contributed by atoms with Gasteiger partial charge in [0.2, 0.25) is 0 Å². The fourth-order valence-electron chi connectivity index (χ4n) is 1.41. The van der Waals surface area contributed by atoms with Crippen LogP contribution in [0.15, 0.2) is 16.7 Å². The van der Waals surface area contributed by atoms with E-state index in [2.05, 4.69) is 40.7 Å². The zero-order valence-electron chi connectivity index (χ0n) is 11.8. The van der Waals surface area contributed by atoms with Crippen LogP contribution in [-0.4, -0.2) is 11.2 Å². The summed E-state index contributed by atoms with van der Waals surface area (Å²) in [6.07, 6.45) is 3.27. The molecule has 0 aromatic heterocycles. The predicted molar refractivity (Wildman–Crippen MR) is 76.4 cm³/mol. The van der Waals surface area contributed by atoms with Crippen molar-refractivity contribution in [3.8, 4) is 0 Å². The number of hydrogen-bond donors (Lipinski definition) is 1. The first kappa shape index (κ1) is 26.3. The van der Waals surface area contributed by atoms with Crippen molar-refractivity contribution in [2.75, 3.05) is 0 Å². The number of aliphatic hydroxyl groups excluding tert-OH is 1. The van der Waals surface area contributed by atoms with E-state index in [-0.39, 0.29) is 58.1 Å². The van der Waals surface area contributed by atoms with Gasteiger partial charge in [-0.1, -0.05) is 33.1 Å². The zero-order chi connectivity index (χ0) is 11.5. The predicted octanol–water partition coefficient (Wildman–Crippen LogP) is 4.34. The second-order valence-electron chi connectivity index (χ2n) is 4.72. The van der Waals surface area contributed by atoms with Crippen LogP contribution in [0.3, 0.4) is 0 Å². The molecule has 1 N–H and O–H groups in total. The summed E-state index contributed by atoms with van der Waals surface area (Å²) in [6.45, 7) is 14.4. The summed E-state index contributed by atoms with van der Waals surface area (Å²) in [5, 5.41) is 8.06. The summed E-state index contributed by atoms with van der Waals surface area (Å²) in [5.74, 6) is 0. The Morgan fingerprint density at radius 3 is 1.41 bits per heavy atom. The number of aliphatic hydroxyl groups is 1. The molecule has 1 aliphatic carbocycles. The third kappa shape index (κ3) is 9.33. The molecule has 1 rings (SSSR count). The first-order valence-corrected chi connectivity index (χ1v) is 5.16. The number of allylic oxidation sites excluding steroid dienone is 4. The fourth-order valence-corrected chi connectivity index (χ4v) is 1.41. The average Bonchev–Trinajstić information content (AvgIpc) is 2.13. The third-order valence-corrected chi connectivity index (χ3v) is 2.56. The van der Waals surface area contributed by atoms with Gasteiger partial charge in [-0.05, 0) is 13.8 Å². The molecule has 0 aromatic rings. The fraction of sp³-hybridized carbons (Fsp3) is 0.692. The molecule has 0 amide bonds. The second kappa shape index (κ2) is 10.6. The van der Waals surface area contributed by atoms with Crippen LogP contribution in [0.1, 0.15) is 48.5 Å². The minimum absolute atomic E-state index is 0. The first-order valence-electron chi connectivity index (χ1n) is 5.16.